The molecule has 14 heavy (non-hydrogen) atoms. The second kappa shape index (κ2) is 4.33. The summed E-state index contributed by atoms with van der Waals surface area (Å²) in [7, 11) is 0. The normalized spacial score (nSPS) is 9.21. The summed E-state index contributed by atoms with van der Waals surface area (Å²) in [6, 6.07) is 3.76. The van der Waals surface area contributed by atoms with Gasteiger partial charge in [-0.05, 0) is 13.0 Å². The van der Waals surface area contributed by atoms with Crippen molar-refractivity contribution in [1.29, 1.82) is 5.26 Å². The van der Waals surface area contributed by atoms with Crippen molar-refractivity contribution in [1.82, 2.24) is 4.98 Å². The first kappa shape index (κ1) is 10.1. The van der Waals surface area contributed by atoms with Gasteiger partial charge in [0.25, 0.3) is 0 Å². The zero-order valence-corrected chi connectivity index (χ0v) is 7.45. The second-order valence-corrected chi connectivity index (χ2v) is 2.40. The average molecular weight is 194 g/mol. The summed E-state index contributed by atoms with van der Waals surface area (Å²) >= 11 is 0. The summed E-state index contributed by atoms with van der Waals surface area (Å²) in [5, 5.41) is 8.47. The molecule has 0 unspecified atom stereocenters. The molecular weight excluding hydrogens is 187 g/mol. The van der Waals surface area contributed by atoms with Crippen LogP contribution in [0.15, 0.2) is 12.1 Å². The van der Waals surface area contributed by atoms with Crippen LogP contribution in [-0.2, 0) is 4.74 Å². The lowest BCUT2D eigenvalue weighted by Gasteiger charge is -2.01. The van der Waals surface area contributed by atoms with Crippen LogP contribution < -0.4 is 0 Å². The van der Waals surface area contributed by atoms with Crippen molar-refractivity contribution in [2.24, 2.45) is 0 Å². The number of carbonyl (C=O) groups excluding carboxylic acids is 1. The maximum absolute atomic E-state index is 12.7. The predicted octanol–water partition coefficient (Wildman–Crippen LogP) is 1.27. The molecule has 0 radical (unpaired) electrons. The van der Waals surface area contributed by atoms with E-state index < -0.39 is 11.9 Å². The van der Waals surface area contributed by atoms with Gasteiger partial charge in [-0.2, -0.15) is 9.65 Å². The molecule has 0 amide bonds. The SMILES string of the molecule is CCOC(=O)c1cc(F)nc(C#N)c1. The minimum atomic E-state index is -0.868. The molecule has 1 heterocycles. The highest BCUT2D eigenvalue weighted by atomic mass is 19.1. The Morgan fingerprint density at radius 2 is 2.43 bits per heavy atom. The number of rotatable bonds is 2. The van der Waals surface area contributed by atoms with Crippen LogP contribution in [0.4, 0.5) is 4.39 Å². The number of nitrogens with zero attached hydrogens (tertiary/aromatic N) is 2. The molecule has 1 aromatic rings. The van der Waals surface area contributed by atoms with Gasteiger partial charge in [-0.25, -0.2) is 9.78 Å². The van der Waals surface area contributed by atoms with Crippen LogP contribution in [0, 0.1) is 17.3 Å². The molecule has 72 valence electrons. The van der Waals surface area contributed by atoms with E-state index >= 15 is 0 Å². The number of pyridine rings is 1. The third-order valence-corrected chi connectivity index (χ3v) is 1.42. The Balaban J connectivity index is 3.04. The summed E-state index contributed by atoms with van der Waals surface area (Å²) in [5.41, 5.74) is -0.149. The zero-order valence-electron chi connectivity index (χ0n) is 7.45. The lowest BCUT2D eigenvalue weighted by atomic mass is 10.2. The van der Waals surface area contributed by atoms with E-state index in [0.29, 0.717) is 0 Å². The Kier molecular flexibility index (Phi) is 3.13. The second-order valence-electron chi connectivity index (χ2n) is 2.40. The zero-order chi connectivity index (χ0) is 10.6. The summed E-state index contributed by atoms with van der Waals surface area (Å²) < 4.78 is 17.4. The van der Waals surface area contributed by atoms with Crippen LogP contribution in [0.1, 0.15) is 23.0 Å². The van der Waals surface area contributed by atoms with Gasteiger partial charge in [0.1, 0.15) is 11.8 Å². The lowest BCUT2D eigenvalue weighted by Crippen LogP contribution is -2.06. The number of hydrogen-bond acceptors (Lipinski definition) is 4. The fourth-order valence-electron chi connectivity index (χ4n) is 0.886. The largest absolute Gasteiger partial charge is 0.462 e. The van der Waals surface area contributed by atoms with E-state index in [9.17, 15) is 9.18 Å². The molecule has 0 N–H and O–H groups in total. The van der Waals surface area contributed by atoms with E-state index in [4.69, 9.17) is 5.26 Å². The van der Waals surface area contributed by atoms with Crippen molar-refractivity contribution in [3.63, 3.8) is 0 Å². The first-order valence-corrected chi connectivity index (χ1v) is 3.92. The molecular formula is C9H7FN2O2. The molecule has 0 aliphatic rings. The fourth-order valence-corrected chi connectivity index (χ4v) is 0.886. The van der Waals surface area contributed by atoms with Gasteiger partial charge in [-0.1, -0.05) is 0 Å². The molecule has 0 bridgehead atoms. The molecule has 0 aromatic carbocycles. The smallest absolute Gasteiger partial charge is 0.338 e. The predicted molar refractivity (Wildman–Crippen MR) is 44.9 cm³/mol. The first-order chi connectivity index (χ1) is 6.67. The molecule has 0 fully saturated rings. The Bertz CT molecular complexity index is 398. The number of halogens is 1. The molecule has 1 aromatic heterocycles. The van der Waals surface area contributed by atoms with Crippen molar-refractivity contribution >= 4 is 5.97 Å². The van der Waals surface area contributed by atoms with Crippen molar-refractivity contribution in [3.05, 3.63) is 29.3 Å². The summed E-state index contributed by atoms with van der Waals surface area (Å²) in [6.45, 7) is 1.84. The maximum atomic E-state index is 12.7. The molecule has 4 nitrogen and oxygen atoms in total. The molecule has 0 atom stereocenters. The number of aromatic nitrogens is 1. The van der Waals surface area contributed by atoms with Crippen molar-refractivity contribution in [3.8, 4) is 6.07 Å². The molecule has 0 aliphatic heterocycles. The van der Waals surface area contributed by atoms with Gasteiger partial charge in [-0.3, -0.25) is 0 Å². The number of ether oxygens (including phenoxy) is 1. The number of carbonyl (C=O) groups is 1. The molecule has 1 rings (SSSR count). The maximum Gasteiger partial charge on any atom is 0.338 e. The molecule has 0 saturated carbocycles. The lowest BCUT2D eigenvalue weighted by molar-refractivity contribution is 0.0525. The molecule has 0 spiro atoms. The number of nitriles is 1. The van der Waals surface area contributed by atoms with Gasteiger partial charge >= 0.3 is 5.97 Å². The van der Waals surface area contributed by atoms with Gasteiger partial charge in [0.2, 0.25) is 5.95 Å². The third-order valence-electron chi connectivity index (χ3n) is 1.42. The monoisotopic (exact) mass is 194 g/mol. The number of hydrogen-bond donors (Lipinski definition) is 0. The van der Waals surface area contributed by atoms with Crippen LogP contribution in [0.2, 0.25) is 0 Å². The summed E-state index contributed by atoms with van der Waals surface area (Å²) in [5.74, 6) is -1.53. The minimum Gasteiger partial charge on any atom is -0.462 e. The highest BCUT2D eigenvalue weighted by Gasteiger charge is 2.10. The highest BCUT2D eigenvalue weighted by Crippen LogP contribution is 2.06. The molecule has 0 saturated heterocycles. The fraction of sp³-hybridized carbons (Fsp3) is 0.222. The van der Waals surface area contributed by atoms with E-state index in [-0.39, 0.29) is 17.9 Å². The van der Waals surface area contributed by atoms with Crippen molar-refractivity contribution in [2.45, 2.75) is 6.92 Å². The van der Waals surface area contributed by atoms with E-state index in [0.717, 1.165) is 6.07 Å². The van der Waals surface area contributed by atoms with Gasteiger partial charge in [-0.15, -0.1) is 0 Å². The van der Waals surface area contributed by atoms with Gasteiger partial charge in [0.05, 0.1) is 12.2 Å². The highest BCUT2D eigenvalue weighted by molar-refractivity contribution is 5.89. The first-order valence-electron chi connectivity index (χ1n) is 3.92. The van der Waals surface area contributed by atoms with Crippen LogP contribution in [-0.4, -0.2) is 17.6 Å². The van der Waals surface area contributed by atoms with Crippen molar-refractivity contribution < 1.29 is 13.9 Å². The van der Waals surface area contributed by atoms with Crippen molar-refractivity contribution in [2.75, 3.05) is 6.61 Å². The summed E-state index contributed by atoms with van der Waals surface area (Å²) in [4.78, 5) is 14.4. The van der Waals surface area contributed by atoms with Crippen LogP contribution >= 0.6 is 0 Å². The van der Waals surface area contributed by atoms with E-state index in [1.54, 1.807) is 13.0 Å². The van der Waals surface area contributed by atoms with Crippen LogP contribution in [0.25, 0.3) is 0 Å². The topological polar surface area (TPSA) is 63.0 Å². The quantitative estimate of drug-likeness (QED) is 0.525. The minimum absolute atomic E-state index is 0.00380. The summed E-state index contributed by atoms with van der Waals surface area (Å²) in [6.07, 6.45) is 0. The standard InChI is InChI=1S/C9H7FN2O2/c1-2-14-9(13)6-3-7(5-11)12-8(10)4-6/h3-4H,2H2,1H3. The molecule has 5 heteroatoms. The Morgan fingerprint density at radius 1 is 1.71 bits per heavy atom. The molecule has 0 aliphatic carbocycles. The van der Waals surface area contributed by atoms with Gasteiger partial charge in [0, 0.05) is 6.07 Å². The van der Waals surface area contributed by atoms with E-state index in [1.807, 2.05) is 0 Å². The van der Waals surface area contributed by atoms with Crippen LogP contribution in [0.5, 0.6) is 0 Å². The third kappa shape index (κ3) is 2.26. The van der Waals surface area contributed by atoms with E-state index in [2.05, 4.69) is 9.72 Å². The van der Waals surface area contributed by atoms with Gasteiger partial charge in [0.15, 0.2) is 0 Å². The Hall–Kier alpha value is -1.96. The van der Waals surface area contributed by atoms with E-state index in [1.165, 1.54) is 6.07 Å². The Labute approximate surface area is 79.9 Å². The average Bonchev–Trinajstić information content (AvgIpc) is 2.17. The number of esters is 1. The van der Waals surface area contributed by atoms with Gasteiger partial charge < -0.3 is 4.74 Å². The van der Waals surface area contributed by atoms with Crippen LogP contribution in [0.3, 0.4) is 0 Å². The Morgan fingerprint density at radius 3 is 3.00 bits per heavy atom.